The third-order valence-electron chi connectivity index (χ3n) is 8.36. The highest BCUT2D eigenvalue weighted by molar-refractivity contribution is 5.97. The summed E-state index contributed by atoms with van der Waals surface area (Å²) < 4.78 is 16.8. The van der Waals surface area contributed by atoms with Crippen LogP contribution in [0.15, 0.2) is 23.8 Å². The van der Waals surface area contributed by atoms with E-state index in [0.717, 1.165) is 0 Å². The highest BCUT2D eigenvalue weighted by atomic mass is 19.1. The van der Waals surface area contributed by atoms with Gasteiger partial charge < -0.3 is 10.2 Å². The summed E-state index contributed by atoms with van der Waals surface area (Å²) in [7, 11) is 0. The third kappa shape index (κ3) is 2.11. The number of halogens is 1. The van der Waals surface area contributed by atoms with Crippen molar-refractivity contribution in [3.8, 4) is 0 Å². The molecule has 4 aliphatic rings. The Morgan fingerprint density at radius 3 is 2.61 bits per heavy atom. The van der Waals surface area contributed by atoms with Crippen LogP contribution in [-0.2, 0) is 14.4 Å². The van der Waals surface area contributed by atoms with Crippen molar-refractivity contribution < 1.29 is 29.0 Å². The van der Waals surface area contributed by atoms with Crippen molar-refractivity contribution in [2.75, 3.05) is 6.61 Å². The van der Waals surface area contributed by atoms with Gasteiger partial charge in [0.1, 0.15) is 6.61 Å². The minimum absolute atomic E-state index is 0.135. The van der Waals surface area contributed by atoms with Crippen molar-refractivity contribution in [2.24, 2.45) is 28.6 Å². The maximum Gasteiger partial charge on any atom is 0.183 e. The third-order valence-corrected chi connectivity index (χ3v) is 8.36. The number of alkyl halides is 1. The summed E-state index contributed by atoms with van der Waals surface area (Å²) in [6.07, 6.45) is 1.10. The number of carbonyl (C=O) groups is 3. The summed E-state index contributed by atoms with van der Waals surface area (Å²) in [5.74, 6) is -2.80. The second-order valence-electron chi connectivity index (χ2n) is 9.55. The summed E-state index contributed by atoms with van der Waals surface area (Å²) >= 11 is 0. The van der Waals surface area contributed by atoms with Crippen LogP contribution in [-0.4, -0.2) is 45.9 Å². The van der Waals surface area contributed by atoms with Crippen molar-refractivity contribution in [2.45, 2.75) is 57.7 Å². The number of hydrogen-bond donors (Lipinski definition) is 2. The lowest BCUT2D eigenvalue weighted by Gasteiger charge is -2.60. The molecule has 4 rings (SSSR count). The van der Waals surface area contributed by atoms with Gasteiger partial charge in [0.2, 0.25) is 0 Å². The number of carbonyl (C=O) groups excluding carboxylic acids is 3. The van der Waals surface area contributed by atoms with Gasteiger partial charge in [-0.1, -0.05) is 24.6 Å². The minimum Gasteiger partial charge on any atom is -0.392 e. The Hall–Kier alpha value is -1.66. The molecule has 5 nitrogen and oxygen atoms in total. The SMILES string of the molecule is C=C1C[C@H]2[C@@H]3CCC4=CC(=O)CC(O)[C@]4(C)[C@@]3(F)C(=O)C[C@]2(C)[C@H]1C(=O)CO. The number of fused-ring (bicyclic) bond motifs is 5. The van der Waals surface area contributed by atoms with Gasteiger partial charge in [0.25, 0.3) is 0 Å². The summed E-state index contributed by atoms with van der Waals surface area (Å²) in [4.78, 5) is 37.7. The molecule has 6 heteroatoms. The van der Waals surface area contributed by atoms with Crippen LogP contribution in [0.3, 0.4) is 0 Å². The van der Waals surface area contributed by atoms with Crippen LogP contribution in [0.2, 0.25) is 0 Å². The van der Waals surface area contributed by atoms with Gasteiger partial charge in [0.15, 0.2) is 23.0 Å². The molecule has 2 N–H and O–H groups in total. The normalized spacial score (nSPS) is 47.9. The predicted octanol–water partition coefficient (Wildman–Crippen LogP) is 2.10. The number of hydrogen-bond acceptors (Lipinski definition) is 5. The van der Waals surface area contributed by atoms with Gasteiger partial charge in [0, 0.05) is 24.7 Å². The van der Waals surface area contributed by atoms with Crippen LogP contribution in [0, 0.1) is 28.6 Å². The zero-order valence-electron chi connectivity index (χ0n) is 16.3. The molecule has 28 heavy (non-hydrogen) atoms. The Morgan fingerprint density at radius 2 is 1.96 bits per heavy atom. The fourth-order valence-corrected chi connectivity index (χ4v) is 7.00. The van der Waals surface area contributed by atoms with Gasteiger partial charge in [-0.05, 0) is 43.6 Å². The molecule has 3 saturated carbocycles. The zero-order chi connectivity index (χ0) is 20.6. The highest BCUT2D eigenvalue weighted by Crippen LogP contribution is 2.69. The lowest BCUT2D eigenvalue weighted by molar-refractivity contribution is -0.187. The molecule has 0 bridgehead atoms. The molecule has 0 radical (unpaired) electrons. The largest absolute Gasteiger partial charge is 0.392 e. The Morgan fingerprint density at radius 1 is 1.29 bits per heavy atom. The van der Waals surface area contributed by atoms with Crippen LogP contribution in [0.25, 0.3) is 0 Å². The van der Waals surface area contributed by atoms with E-state index in [1.54, 1.807) is 6.92 Å². The van der Waals surface area contributed by atoms with Crippen LogP contribution in [0.4, 0.5) is 4.39 Å². The maximum absolute atomic E-state index is 16.8. The Labute approximate surface area is 163 Å². The Kier molecular flexibility index (Phi) is 4.16. The van der Waals surface area contributed by atoms with E-state index >= 15 is 4.39 Å². The average molecular weight is 390 g/mol. The number of aliphatic hydroxyl groups excluding tert-OH is 2. The fraction of sp³-hybridized carbons (Fsp3) is 0.682. The monoisotopic (exact) mass is 390 g/mol. The van der Waals surface area contributed by atoms with E-state index in [9.17, 15) is 24.6 Å². The quantitative estimate of drug-likeness (QED) is 0.705. The summed E-state index contributed by atoms with van der Waals surface area (Å²) in [5, 5.41) is 20.1. The molecule has 0 aromatic heterocycles. The molecular formula is C22H27FO5. The standard InChI is InChI=1S/C22H27FO5/c1-11-6-15-14-5-4-12-7-13(25)8-17(27)21(12,3)22(14,23)18(28)9-20(15,2)19(11)16(26)10-24/h7,14-15,17,19,24,27H,1,4-6,8-10H2,2-3H3/t14-,15-,17?,19+,20-,21+,22-/m0/s1. The smallest absolute Gasteiger partial charge is 0.183 e. The van der Waals surface area contributed by atoms with Crippen molar-refractivity contribution in [3.63, 3.8) is 0 Å². The number of aliphatic hydroxyl groups is 2. The van der Waals surface area contributed by atoms with Gasteiger partial charge >= 0.3 is 0 Å². The van der Waals surface area contributed by atoms with Crippen LogP contribution in [0.5, 0.6) is 0 Å². The van der Waals surface area contributed by atoms with E-state index in [1.165, 1.54) is 6.08 Å². The van der Waals surface area contributed by atoms with Crippen LogP contribution < -0.4 is 0 Å². The first-order chi connectivity index (χ1) is 13.0. The topological polar surface area (TPSA) is 91.7 Å². The molecule has 0 spiro atoms. The Balaban J connectivity index is 1.84. The average Bonchev–Trinajstić information content (AvgIpc) is 2.87. The predicted molar refractivity (Wildman–Crippen MR) is 98.9 cm³/mol. The molecule has 152 valence electrons. The van der Waals surface area contributed by atoms with E-state index < -0.39 is 46.8 Å². The van der Waals surface area contributed by atoms with Crippen molar-refractivity contribution in [1.82, 2.24) is 0 Å². The second-order valence-corrected chi connectivity index (χ2v) is 9.55. The molecule has 0 amide bonds. The van der Waals surface area contributed by atoms with Crippen molar-refractivity contribution >= 4 is 17.3 Å². The molecule has 0 aromatic rings. The maximum atomic E-state index is 16.8. The van der Waals surface area contributed by atoms with E-state index in [2.05, 4.69) is 6.58 Å². The van der Waals surface area contributed by atoms with Crippen LogP contribution >= 0.6 is 0 Å². The van der Waals surface area contributed by atoms with Gasteiger partial charge in [-0.3, -0.25) is 14.4 Å². The zero-order valence-corrected chi connectivity index (χ0v) is 16.3. The Bertz CT molecular complexity index is 831. The molecule has 1 unspecified atom stereocenters. The minimum atomic E-state index is -2.28. The van der Waals surface area contributed by atoms with Crippen LogP contribution in [0.1, 0.15) is 46.0 Å². The molecule has 0 aliphatic heterocycles. The van der Waals surface area contributed by atoms with E-state index in [0.29, 0.717) is 30.4 Å². The number of ketones is 3. The van der Waals surface area contributed by atoms with E-state index in [4.69, 9.17) is 0 Å². The molecule has 0 heterocycles. The molecule has 3 fully saturated rings. The molecule has 7 atom stereocenters. The summed E-state index contributed by atoms with van der Waals surface area (Å²) in [5.41, 5.74) is -3.32. The lowest BCUT2D eigenvalue weighted by Crippen LogP contribution is -2.69. The summed E-state index contributed by atoms with van der Waals surface area (Å²) in [6, 6.07) is 0. The molecule has 0 aromatic carbocycles. The first-order valence-corrected chi connectivity index (χ1v) is 9.97. The number of Topliss-reactive ketones (excluding diaryl/α,β-unsaturated/α-hetero) is 2. The van der Waals surface area contributed by atoms with Gasteiger partial charge in [-0.25, -0.2) is 4.39 Å². The van der Waals surface area contributed by atoms with Gasteiger partial charge in [0.05, 0.1) is 11.5 Å². The number of rotatable bonds is 2. The first kappa shape index (κ1) is 19.6. The molecular weight excluding hydrogens is 363 g/mol. The fourth-order valence-electron chi connectivity index (χ4n) is 7.00. The van der Waals surface area contributed by atoms with Crippen molar-refractivity contribution in [1.29, 1.82) is 0 Å². The lowest BCUT2D eigenvalue weighted by atomic mass is 9.44. The summed E-state index contributed by atoms with van der Waals surface area (Å²) in [6.45, 7) is 6.79. The van der Waals surface area contributed by atoms with E-state index in [-0.39, 0.29) is 30.3 Å². The molecule has 4 aliphatic carbocycles. The van der Waals surface area contributed by atoms with Crippen molar-refractivity contribution in [3.05, 3.63) is 23.8 Å². The van der Waals surface area contributed by atoms with Gasteiger partial charge in [-0.2, -0.15) is 0 Å². The second kappa shape index (κ2) is 5.92. The molecule has 0 saturated heterocycles. The highest BCUT2D eigenvalue weighted by Gasteiger charge is 2.73. The van der Waals surface area contributed by atoms with Gasteiger partial charge in [-0.15, -0.1) is 0 Å². The first-order valence-electron chi connectivity index (χ1n) is 9.97. The van der Waals surface area contributed by atoms with E-state index in [1.807, 2.05) is 6.92 Å². The number of allylic oxidation sites excluding steroid dienone is 1.